The van der Waals surface area contributed by atoms with Gasteiger partial charge in [0.2, 0.25) is 0 Å². The van der Waals surface area contributed by atoms with Gasteiger partial charge in [-0.15, -0.1) is 10.2 Å². The second-order valence-electron chi connectivity index (χ2n) is 6.24. The third-order valence-electron chi connectivity index (χ3n) is 4.29. The Morgan fingerprint density at radius 2 is 1.52 bits per heavy atom. The average Bonchev–Trinajstić information content (AvgIpc) is 2.75. The van der Waals surface area contributed by atoms with Gasteiger partial charge >= 0.3 is 0 Å². The Morgan fingerprint density at radius 3 is 2.28 bits per heavy atom. The monoisotopic (exact) mass is 400 g/mol. The molecule has 0 unspecified atom stereocenters. The van der Waals surface area contributed by atoms with E-state index in [-0.39, 0.29) is 5.84 Å². The van der Waals surface area contributed by atoms with Crippen molar-refractivity contribution < 1.29 is 0 Å². The first-order valence-corrected chi connectivity index (χ1v) is 9.25. The van der Waals surface area contributed by atoms with E-state index < -0.39 is 0 Å². The molecule has 0 bridgehead atoms. The molecular weight excluding hydrogens is 384 g/mol. The number of rotatable bonds is 4. The molecule has 4 N–H and O–H groups in total. The third kappa shape index (κ3) is 3.93. The van der Waals surface area contributed by atoms with E-state index >= 15 is 0 Å². The number of halogens is 1. The summed E-state index contributed by atoms with van der Waals surface area (Å²) in [7, 11) is 0. The van der Waals surface area contributed by atoms with Crippen molar-refractivity contribution in [2.45, 2.75) is 0 Å². The number of aliphatic imine (C=N–C) groups is 1. The highest BCUT2D eigenvalue weighted by atomic mass is 35.5. The molecule has 0 aliphatic rings. The maximum absolute atomic E-state index is 6.31. The first-order chi connectivity index (χ1) is 14.1. The number of para-hydroxylation sites is 1. The summed E-state index contributed by atoms with van der Waals surface area (Å²) in [5.74, 6) is 0.940. The van der Waals surface area contributed by atoms with Crippen molar-refractivity contribution in [3.05, 3.63) is 89.4 Å². The minimum atomic E-state index is 0.242. The van der Waals surface area contributed by atoms with E-state index in [1.54, 1.807) is 18.2 Å². The summed E-state index contributed by atoms with van der Waals surface area (Å²) in [6.07, 6.45) is 0. The topological polar surface area (TPSA) is 103 Å². The van der Waals surface area contributed by atoms with Gasteiger partial charge in [0, 0.05) is 22.4 Å². The lowest BCUT2D eigenvalue weighted by Crippen LogP contribution is -2.15. The number of amidine groups is 1. The molecule has 0 spiro atoms. The number of aromatic nitrogens is 3. The zero-order chi connectivity index (χ0) is 20.2. The number of nitrogens with zero attached hydrogens (tertiary/aromatic N) is 4. The fraction of sp³-hybridized carbons (Fsp3) is 0. The quantitative estimate of drug-likeness (QED) is 0.298. The molecule has 1 heterocycles. The van der Waals surface area contributed by atoms with Crippen molar-refractivity contribution in [2.24, 2.45) is 10.7 Å². The molecule has 0 atom stereocenters. The minimum absolute atomic E-state index is 0.242. The van der Waals surface area contributed by atoms with Crippen LogP contribution in [0.3, 0.4) is 0 Å². The van der Waals surface area contributed by atoms with Crippen molar-refractivity contribution >= 4 is 28.9 Å². The van der Waals surface area contributed by atoms with Crippen LogP contribution in [-0.2, 0) is 0 Å². The molecule has 3 aromatic carbocycles. The summed E-state index contributed by atoms with van der Waals surface area (Å²) < 4.78 is 0. The molecule has 0 aliphatic heterocycles. The highest BCUT2D eigenvalue weighted by Crippen LogP contribution is 2.30. The summed E-state index contributed by atoms with van der Waals surface area (Å²) in [5.41, 5.74) is 15.4. The van der Waals surface area contributed by atoms with Crippen LogP contribution in [0.15, 0.2) is 83.9 Å². The number of hydrogen-bond acceptors (Lipinski definition) is 5. The lowest BCUT2D eigenvalue weighted by atomic mass is 10.1. The molecule has 0 aliphatic carbocycles. The number of nitrogens with two attached hydrogens (primary N) is 2. The molecule has 29 heavy (non-hydrogen) atoms. The molecule has 0 saturated heterocycles. The molecule has 7 heteroatoms. The van der Waals surface area contributed by atoms with Crippen LogP contribution in [0.1, 0.15) is 5.56 Å². The standard InChI is InChI=1S/C22H17ClN6/c23-17-12-6-4-10-15(17)21-27-22(19(28-29-21)14-8-2-1-3-9-14)26-20(25)16-11-5-7-13-18(16)24/h1-13H,24H2,(H2,25,26,27,29). The van der Waals surface area contributed by atoms with E-state index in [2.05, 4.69) is 20.2 Å². The summed E-state index contributed by atoms with van der Waals surface area (Å²) in [5, 5.41) is 9.16. The van der Waals surface area contributed by atoms with Gasteiger partial charge in [0.1, 0.15) is 11.5 Å². The molecule has 0 fully saturated rings. The van der Waals surface area contributed by atoms with Gasteiger partial charge in [-0.1, -0.05) is 66.2 Å². The molecular formula is C22H17ClN6. The minimum Gasteiger partial charge on any atom is -0.398 e. The Morgan fingerprint density at radius 1 is 0.828 bits per heavy atom. The summed E-state index contributed by atoms with van der Waals surface area (Å²) in [6.45, 7) is 0. The van der Waals surface area contributed by atoms with E-state index in [4.69, 9.17) is 23.1 Å². The van der Waals surface area contributed by atoms with Crippen LogP contribution in [0.25, 0.3) is 22.6 Å². The van der Waals surface area contributed by atoms with Gasteiger partial charge in [-0.25, -0.2) is 9.98 Å². The van der Waals surface area contributed by atoms with Gasteiger partial charge in [0.15, 0.2) is 11.6 Å². The number of hydrogen-bond donors (Lipinski definition) is 2. The smallest absolute Gasteiger partial charge is 0.185 e. The maximum Gasteiger partial charge on any atom is 0.185 e. The number of anilines is 1. The van der Waals surface area contributed by atoms with E-state index in [1.807, 2.05) is 60.7 Å². The molecule has 6 nitrogen and oxygen atoms in total. The third-order valence-corrected chi connectivity index (χ3v) is 4.62. The van der Waals surface area contributed by atoms with Gasteiger partial charge < -0.3 is 11.5 Å². The fourth-order valence-corrected chi connectivity index (χ4v) is 3.06. The molecule has 0 radical (unpaired) electrons. The van der Waals surface area contributed by atoms with Crippen LogP contribution in [0.4, 0.5) is 11.5 Å². The SMILES string of the molecule is N/C(=N\c1nc(-c2ccccc2Cl)nnc1-c1ccccc1)c1ccccc1N. The van der Waals surface area contributed by atoms with Gasteiger partial charge in [0.25, 0.3) is 0 Å². The van der Waals surface area contributed by atoms with Crippen LogP contribution in [-0.4, -0.2) is 21.0 Å². The normalized spacial score (nSPS) is 11.4. The molecule has 4 rings (SSSR count). The Bertz CT molecular complexity index is 1190. The fourth-order valence-electron chi connectivity index (χ4n) is 2.84. The van der Waals surface area contributed by atoms with Crippen molar-refractivity contribution in [3.8, 4) is 22.6 Å². The highest BCUT2D eigenvalue weighted by molar-refractivity contribution is 6.33. The average molecular weight is 401 g/mol. The van der Waals surface area contributed by atoms with Crippen molar-refractivity contribution in [1.82, 2.24) is 15.2 Å². The zero-order valence-electron chi connectivity index (χ0n) is 15.3. The molecule has 0 amide bonds. The highest BCUT2D eigenvalue weighted by Gasteiger charge is 2.15. The lowest BCUT2D eigenvalue weighted by molar-refractivity contribution is 0.984. The first kappa shape index (κ1) is 18.6. The Balaban J connectivity index is 1.89. The molecule has 1 aromatic heterocycles. The van der Waals surface area contributed by atoms with Gasteiger partial charge in [-0.2, -0.15) is 0 Å². The Labute approximate surface area is 172 Å². The zero-order valence-corrected chi connectivity index (χ0v) is 16.1. The van der Waals surface area contributed by atoms with E-state index in [0.29, 0.717) is 39.2 Å². The predicted octanol–water partition coefficient (Wildman–Crippen LogP) is 4.48. The summed E-state index contributed by atoms with van der Waals surface area (Å²) in [4.78, 5) is 9.15. The molecule has 4 aromatic rings. The van der Waals surface area contributed by atoms with Crippen LogP contribution >= 0.6 is 11.6 Å². The molecule has 0 saturated carbocycles. The van der Waals surface area contributed by atoms with Crippen LogP contribution in [0.5, 0.6) is 0 Å². The number of benzene rings is 3. The van der Waals surface area contributed by atoms with Gasteiger partial charge in [-0.05, 0) is 24.3 Å². The first-order valence-electron chi connectivity index (χ1n) is 8.87. The maximum atomic E-state index is 6.31. The van der Waals surface area contributed by atoms with Crippen LogP contribution in [0, 0.1) is 0 Å². The van der Waals surface area contributed by atoms with Crippen molar-refractivity contribution in [3.63, 3.8) is 0 Å². The summed E-state index contributed by atoms with van der Waals surface area (Å²) in [6, 6.07) is 24.1. The Hall–Kier alpha value is -3.77. The largest absolute Gasteiger partial charge is 0.398 e. The lowest BCUT2D eigenvalue weighted by Gasteiger charge is -2.09. The second-order valence-corrected chi connectivity index (χ2v) is 6.64. The van der Waals surface area contributed by atoms with E-state index in [0.717, 1.165) is 5.56 Å². The predicted molar refractivity (Wildman–Crippen MR) is 117 cm³/mol. The van der Waals surface area contributed by atoms with Crippen LogP contribution < -0.4 is 11.5 Å². The van der Waals surface area contributed by atoms with Crippen molar-refractivity contribution in [2.75, 3.05) is 5.73 Å². The number of nitrogen functional groups attached to an aromatic ring is 1. The van der Waals surface area contributed by atoms with Gasteiger partial charge in [-0.3, -0.25) is 0 Å². The Kier molecular flexibility index (Phi) is 5.18. The van der Waals surface area contributed by atoms with E-state index in [9.17, 15) is 0 Å². The molecule has 142 valence electrons. The van der Waals surface area contributed by atoms with Crippen LogP contribution in [0.2, 0.25) is 5.02 Å². The summed E-state index contributed by atoms with van der Waals surface area (Å²) >= 11 is 6.31. The second kappa shape index (κ2) is 8.08. The van der Waals surface area contributed by atoms with Crippen molar-refractivity contribution in [1.29, 1.82) is 0 Å². The van der Waals surface area contributed by atoms with Gasteiger partial charge in [0.05, 0.1) is 5.02 Å². The van der Waals surface area contributed by atoms with E-state index in [1.165, 1.54) is 0 Å².